The number of hydrogen-bond donors (Lipinski definition) is 2. The van der Waals surface area contributed by atoms with Crippen LogP contribution in [0.15, 0.2) is 12.7 Å². The molecule has 0 fully saturated rings. The van der Waals surface area contributed by atoms with Crippen molar-refractivity contribution in [1.82, 2.24) is 5.32 Å². The second kappa shape index (κ2) is 4.54. The van der Waals surface area contributed by atoms with Gasteiger partial charge in [0, 0.05) is 0 Å². The molecule has 0 radical (unpaired) electrons. The maximum Gasteiger partial charge on any atom is 0.244 e. The number of rotatable bonds is 4. The molecular weight excluding hydrogens is 156 g/mol. The second-order valence-electron chi connectivity index (χ2n) is 2.84. The Morgan fingerprint density at radius 3 is 2.25 bits per heavy atom. The summed E-state index contributed by atoms with van der Waals surface area (Å²) in [6.45, 7) is 6.88. The van der Waals surface area contributed by atoms with Crippen molar-refractivity contribution in [2.45, 2.75) is 19.9 Å². The van der Waals surface area contributed by atoms with Gasteiger partial charge in [0.25, 0.3) is 0 Å². The topological polar surface area (TPSA) is 72.2 Å². The SMILES string of the molecule is C=CC(=O)N[C@@H](C(N)=O)C(C)C. The highest BCUT2D eigenvalue weighted by Crippen LogP contribution is 1.99. The molecule has 0 saturated heterocycles. The van der Waals surface area contributed by atoms with Gasteiger partial charge in [0.15, 0.2) is 0 Å². The van der Waals surface area contributed by atoms with E-state index in [1.807, 2.05) is 0 Å². The molecule has 3 N–H and O–H groups in total. The van der Waals surface area contributed by atoms with E-state index in [2.05, 4.69) is 11.9 Å². The maximum absolute atomic E-state index is 10.8. The summed E-state index contributed by atoms with van der Waals surface area (Å²) in [5.41, 5.74) is 5.05. The van der Waals surface area contributed by atoms with E-state index in [0.29, 0.717) is 0 Å². The smallest absolute Gasteiger partial charge is 0.244 e. The molecule has 0 unspecified atom stereocenters. The third-order valence-corrected chi connectivity index (χ3v) is 1.46. The van der Waals surface area contributed by atoms with Crippen LogP contribution in [0, 0.1) is 5.92 Å². The highest BCUT2D eigenvalue weighted by Gasteiger charge is 2.19. The standard InChI is InChI=1S/C8H14N2O2/c1-4-6(11)10-7(5(2)3)8(9)12/h4-5,7H,1H2,2-3H3,(H2,9,12)(H,10,11)/t7-/m1/s1. The number of nitrogens with two attached hydrogens (primary N) is 1. The van der Waals surface area contributed by atoms with Crippen LogP contribution in [0.1, 0.15) is 13.8 Å². The highest BCUT2D eigenvalue weighted by atomic mass is 16.2. The lowest BCUT2D eigenvalue weighted by Gasteiger charge is -2.17. The summed E-state index contributed by atoms with van der Waals surface area (Å²) in [7, 11) is 0. The average molecular weight is 170 g/mol. The molecule has 68 valence electrons. The molecule has 0 rings (SSSR count). The largest absolute Gasteiger partial charge is 0.368 e. The molecule has 0 aliphatic heterocycles. The van der Waals surface area contributed by atoms with Crippen LogP contribution in [-0.4, -0.2) is 17.9 Å². The summed E-state index contributed by atoms with van der Waals surface area (Å²) in [5.74, 6) is -0.917. The van der Waals surface area contributed by atoms with Crippen molar-refractivity contribution in [2.75, 3.05) is 0 Å². The molecule has 0 aromatic heterocycles. The third-order valence-electron chi connectivity index (χ3n) is 1.46. The Kier molecular flexibility index (Phi) is 4.04. The quantitative estimate of drug-likeness (QED) is 0.573. The van der Waals surface area contributed by atoms with Gasteiger partial charge < -0.3 is 11.1 Å². The predicted octanol–water partition coefficient (Wildman–Crippen LogP) is -0.202. The lowest BCUT2D eigenvalue weighted by Crippen LogP contribution is -2.47. The fourth-order valence-electron chi connectivity index (χ4n) is 0.779. The van der Waals surface area contributed by atoms with Gasteiger partial charge in [0.05, 0.1) is 0 Å². The Labute approximate surface area is 71.8 Å². The number of primary amides is 1. The zero-order chi connectivity index (χ0) is 9.72. The van der Waals surface area contributed by atoms with Gasteiger partial charge in [0.1, 0.15) is 6.04 Å². The molecular formula is C8H14N2O2. The fourth-order valence-corrected chi connectivity index (χ4v) is 0.779. The van der Waals surface area contributed by atoms with Gasteiger partial charge in [-0.2, -0.15) is 0 Å². The first-order valence-corrected chi connectivity index (χ1v) is 3.71. The Morgan fingerprint density at radius 1 is 1.50 bits per heavy atom. The van der Waals surface area contributed by atoms with Crippen LogP contribution in [0.4, 0.5) is 0 Å². The van der Waals surface area contributed by atoms with Gasteiger partial charge in [-0.1, -0.05) is 20.4 Å². The van der Waals surface area contributed by atoms with E-state index in [-0.39, 0.29) is 11.8 Å². The molecule has 0 aromatic rings. The normalized spacial score (nSPS) is 12.2. The summed E-state index contributed by atoms with van der Waals surface area (Å²) >= 11 is 0. The molecule has 4 heteroatoms. The lowest BCUT2D eigenvalue weighted by atomic mass is 10.0. The average Bonchev–Trinajstić information content (AvgIpc) is 1.98. The molecule has 1 atom stereocenters. The highest BCUT2D eigenvalue weighted by molar-refractivity contribution is 5.92. The summed E-state index contributed by atoms with van der Waals surface area (Å²) in [5, 5.41) is 2.43. The first kappa shape index (κ1) is 10.7. The number of carbonyl (C=O) groups excluding carboxylic acids is 2. The van der Waals surface area contributed by atoms with Gasteiger partial charge >= 0.3 is 0 Å². The number of carbonyl (C=O) groups is 2. The summed E-state index contributed by atoms with van der Waals surface area (Å²) in [4.78, 5) is 21.6. The molecule has 0 saturated carbocycles. The molecule has 2 amide bonds. The minimum atomic E-state index is -0.615. The van der Waals surface area contributed by atoms with E-state index in [9.17, 15) is 9.59 Å². The van der Waals surface area contributed by atoms with Crippen LogP contribution < -0.4 is 11.1 Å². The third kappa shape index (κ3) is 3.18. The van der Waals surface area contributed by atoms with Crippen molar-refractivity contribution < 1.29 is 9.59 Å². The molecule has 12 heavy (non-hydrogen) atoms. The van der Waals surface area contributed by atoms with E-state index >= 15 is 0 Å². The Morgan fingerprint density at radius 2 is 2.00 bits per heavy atom. The van der Waals surface area contributed by atoms with Gasteiger partial charge in [-0.05, 0) is 12.0 Å². The fraction of sp³-hybridized carbons (Fsp3) is 0.500. The lowest BCUT2D eigenvalue weighted by molar-refractivity contribution is -0.126. The van der Waals surface area contributed by atoms with Crippen LogP contribution in [0.25, 0.3) is 0 Å². The van der Waals surface area contributed by atoms with Gasteiger partial charge in [-0.25, -0.2) is 0 Å². The first-order valence-electron chi connectivity index (χ1n) is 3.71. The van der Waals surface area contributed by atoms with Crippen LogP contribution in [-0.2, 0) is 9.59 Å². The van der Waals surface area contributed by atoms with E-state index < -0.39 is 11.9 Å². The van der Waals surface area contributed by atoms with Crippen LogP contribution in [0.5, 0.6) is 0 Å². The monoisotopic (exact) mass is 170 g/mol. The number of nitrogens with one attached hydrogen (secondary N) is 1. The molecule has 0 bridgehead atoms. The van der Waals surface area contributed by atoms with Crippen LogP contribution >= 0.6 is 0 Å². The molecule has 0 aliphatic rings. The zero-order valence-electron chi connectivity index (χ0n) is 7.33. The van der Waals surface area contributed by atoms with E-state index in [4.69, 9.17) is 5.73 Å². The molecule has 0 heterocycles. The summed E-state index contributed by atoms with van der Waals surface area (Å²) in [6, 6.07) is -0.615. The second-order valence-corrected chi connectivity index (χ2v) is 2.84. The number of amides is 2. The summed E-state index contributed by atoms with van der Waals surface area (Å²) < 4.78 is 0. The van der Waals surface area contributed by atoms with Crippen LogP contribution in [0.3, 0.4) is 0 Å². The predicted molar refractivity (Wildman–Crippen MR) is 46.2 cm³/mol. The van der Waals surface area contributed by atoms with Crippen molar-refractivity contribution in [1.29, 1.82) is 0 Å². The van der Waals surface area contributed by atoms with E-state index in [1.165, 1.54) is 0 Å². The summed E-state index contributed by atoms with van der Waals surface area (Å²) in [6.07, 6.45) is 1.11. The van der Waals surface area contributed by atoms with Gasteiger partial charge in [-0.3, -0.25) is 9.59 Å². The van der Waals surface area contributed by atoms with Crippen molar-refractivity contribution >= 4 is 11.8 Å². The maximum atomic E-state index is 10.8. The van der Waals surface area contributed by atoms with Crippen molar-refractivity contribution in [3.63, 3.8) is 0 Å². The molecule has 0 aromatic carbocycles. The van der Waals surface area contributed by atoms with Crippen molar-refractivity contribution in [3.8, 4) is 0 Å². The first-order chi connectivity index (χ1) is 5.49. The van der Waals surface area contributed by atoms with Crippen LogP contribution in [0.2, 0.25) is 0 Å². The minimum absolute atomic E-state index is 0.00796. The Hall–Kier alpha value is -1.32. The van der Waals surface area contributed by atoms with E-state index in [1.54, 1.807) is 13.8 Å². The molecule has 4 nitrogen and oxygen atoms in total. The van der Waals surface area contributed by atoms with Crippen molar-refractivity contribution in [3.05, 3.63) is 12.7 Å². The van der Waals surface area contributed by atoms with E-state index in [0.717, 1.165) is 6.08 Å². The number of hydrogen-bond acceptors (Lipinski definition) is 2. The minimum Gasteiger partial charge on any atom is -0.368 e. The Balaban J connectivity index is 4.23. The Bertz CT molecular complexity index is 199. The zero-order valence-corrected chi connectivity index (χ0v) is 7.33. The van der Waals surface area contributed by atoms with Crippen molar-refractivity contribution in [2.24, 2.45) is 11.7 Å². The van der Waals surface area contributed by atoms with Gasteiger partial charge in [0.2, 0.25) is 11.8 Å². The molecule has 0 aliphatic carbocycles. The van der Waals surface area contributed by atoms with Gasteiger partial charge in [-0.15, -0.1) is 0 Å². The molecule has 0 spiro atoms.